The van der Waals surface area contributed by atoms with Crippen molar-refractivity contribution in [2.45, 2.75) is 50.5 Å². The smallest absolute Gasteiger partial charge is 0.255 e. The van der Waals surface area contributed by atoms with Gasteiger partial charge in [-0.1, -0.05) is 24.3 Å². The van der Waals surface area contributed by atoms with Crippen LogP contribution in [-0.4, -0.2) is 69.5 Å². The van der Waals surface area contributed by atoms with Gasteiger partial charge in [0.1, 0.15) is 5.66 Å². The van der Waals surface area contributed by atoms with Crippen molar-refractivity contribution in [3.05, 3.63) is 59.7 Å². The van der Waals surface area contributed by atoms with E-state index in [2.05, 4.69) is 25.8 Å². The van der Waals surface area contributed by atoms with Crippen LogP contribution in [0.15, 0.2) is 48.5 Å². The summed E-state index contributed by atoms with van der Waals surface area (Å²) in [6.45, 7) is 4.66. The van der Waals surface area contributed by atoms with Crippen LogP contribution in [0.5, 0.6) is 0 Å². The highest BCUT2D eigenvalue weighted by Crippen LogP contribution is 2.32. The van der Waals surface area contributed by atoms with Crippen LogP contribution in [0.2, 0.25) is 0 Å². The number of aromatic nitrogens is 3. The summed E-state index contributed by atoms with van der Waals surface area (Å²) in [7, 11) is 0. The van der Waals surface area contributed by atoms with Crippen molar-refractivity contribution < 1.29 is 15.0 Å². The molecule has 5 N–H and O–H groups in total. The molecule has 6 rings (SSSR count). The van der Waals surface area contributed by atoms with E-state index in [1.807, 2.05) is 49.4 Å². The molecule has 0 bridgehead atoms. The molecule has 3 aliphatic rings. The van der Waals surface area contributed by atoms with Gasteiger partial charge >= 0.3 is 0 Å². The van der Waals surface area contributed by atoms with Crippen molar-refractivity contribution in [2.24, 2.45) is 0 Å². The van der Waals surface area contributed by atoms with Crippen molar-refractivity contribution in [3.63, 3.8) is 0 Å². The number of benzene rings is 2. The molecule has 0 spiro atoms. The number of piperidine rings is 2. The van der Waals surface area contributed by atoms with E-state index in [1.54, 1.807) is 6.07 Å². The number of carbonyl (C=O) groups excluding carboxylic acids is 1. The average Bonchev–Trinajstić information content (AvgIpc) is 2.94. The molecule has 11 heteroatoms. The maximum atomic E-state index is 12.7. The molecule has 204 valence electrons. The molecule has 2 fully saturated rings. The molecule has 11 nitrogen and oxygen atoms in total. The molecule has 3 aromatic rings. The van der Waals surface area contributed by atoms with Crippen LogP contribution < -0.4 is 25.8 Å². The van der Waals surface area contributed by atoms with Gasteiger partial charge in [-0.3, -0.25) is 4.79 Å². The number of nitrogens with one attached hydrogen (secondary N) is 3. The van der Waals surface area contributed by atoms with E-state index in [9.17, 15) is 15.0 Å². The standard InChI is InChI=1S/C28H34N8O3/c1-28(33-23-5-3-2-4-22(23)24(39)34-28)18-6-8-19(9-7-18)29-25-30-26(35-14-10-20(37)11-15-35)32-27(31-25)36-16-12-21(38)13-17-36/h2-9,20-21,33,37-38H,10-17H2,1H3,(H,34,39)(H,29,30,31,32). The number of fused-ring (bicyclic) bond motifs is 1. The third-order valence-corrected chi connectivity index (χ3v) is 7.74. The van der Waals surface area contributed by atoms with Crippen LogP contribution in [0.1, 0.15) is 48.5 Å². The minimum Gasteiger partial charge on any atom is -0.393 e. The molecule has 39 heavy (non-hydrogen) atoms. The second-order valence-electron chi connectivity index (χ2n) is 10.6. The van der Waals surface area contributed by atoms with Gasteiger partial charge in [-0.25, -0.2) is 0 Å². The van der Waals surface area contributed by atoms with E-state index in [-0.39, 0.29) is 18.1 Å². The molecule has 1 atom stereocenters. The van der Waals surface area contributed by atoms with Crippen LogP contribution in [0.25, 0.3) is 0 Å². The van der Waals surface area contributed by atoms with E-state index in [0.717, 1.165) is 16.9 Å². The van der Waals surface area contributed by atoms with Gasteiger partial charge in [-0.2, -0.15) is 15.0 Å². The molecule has 1 aromatic heterocycles. The topological polar surface area (TPSA) is 139 Å². The first kappa shape index (κ1) is 25.3. The Balaban J connectivity index is 1.24. The largest absolute Gasteiger partial charge is 0.393 e. The monoisotopic (exact) mass is 530 g/mol. The number of carbonyl (C=O) groups is 1. The third kappa shape index (κ3) is 5.32. The normalized spacial score (nSPS) is 22.2. The lowest BCUT2D eigenvalue weighted by Crippen LogP contribution is -2.52. The molecule has 2 saturated heterocycles. The number of nitrogens with zero attached hydrogens (tertiary/aromatic N) is 5. The quantitative estimate of drug-likeness (QED) is 0.334. The van der Waals surface area contributed by atoms with Crippen LogP contribution >= 0.6 is 0 Å². The van der Waals surface area contributed by atoms with Crippen LogP contribution in [0.3, 0.4) is 0 Å². The van der Waals surface area contributed by atoms with Gasteiger partial charge in [0.25, 0.3) is 5.91 Å². The van der Waals surface area contributed by atoms with Crippen molar-refractivity contribution in [2.75, 3.05) is 46.6 Å². The fourth-order valence-electron chi connectivity index (χ4n) is 5.37. The maximum absolute atomic E-state index is 12.7. The maximum Gasteiger partial charge on any atom is 0.255 e. The summed E-state index contributed by atoms with van der Waals surface area (Å²) in [5.41, 5.74) is 2.38. The average molecular weight is 531 g/mol. The summed E-state index contributed by atoms with van der Waals surface area (Å²) in [6, 6.07) is 15.3. The lowest BCUT2D eigenvalue weighted by Gasteiger charge is -2.38. The zero-order valence-corrected chi connectivity index (χ0v) is 22.0. The molecule has 4 heterocycles. The summed E-state index contributed by atoms with van der Waals surface area (Å²) in [5.74, 6) is 1.48. The zero-order valence-electron chi connectivity index (χ0n) is 22.0. The first-order chi connectivity index (χ1) is 18.9. The summed E-state index contributed by atoms with van der Waals surface area (Å²) in [4.78, 5) is 31.1. The van der Waals surface area contributed by atoms with Crippen LogP contribution in [-0.2, 0) is 5.66 Å². The summed E-state index contributed by atoms with van der Waals surface area (Å²) in [6.07, 6.45) is 2.12. The Hall–Kier alpha value is -3.96. The number of para-hydroxylation sites is 1. The number of rotatable bonds is 5. The predicted molar refractivity (Wildman–Crippen MR) is 149 cm³/mol. The van der Waals surface area contributed by atoms with E-state index in [1.165, 1.54) is 0 Å². The van der Waals surface area contributed by atoms with Gasteiger partial charge in [-0.15, -0.1) is 0 Å². The molecule has 0 saturated carbocycles. The second kappa shape index (κ2) is 10.3. The third-order valence-electron chi connectivity index (χ3n) is 7.74. The minimum atomic E-state index is -0.755. The molecule has 3 aliphatic heterocycles. The first-order valence-corrected chi connectivity index (χ1v) is 13.6. The van der Waals surface area contributed by atoms with Crippen LogP contribution in [0.4, 0.5) is 29.2 Å². The molecule has 0 aliphatic carbocycles. The predicted octanol–water partition coefficient (Wildman–Crippen LogP) is 2.57. The summed E-state index contributed by atoms with van der Waals surface area (Å²) < 4.78 is 0. The Kier molecular flexibility index (Phi) is 6.69. The Bertz CT molecular complexity index is 1300. The fourth-order valence-corrected chi connectivity index (χ4v) is 5.37. The number of amides is 1. The van der Waals surface area contributed by atoms with Gasteiger partial charge < -0.3 is 36.0 Å². The fraction of sp³-hybridized carbons (Fsp3) is 0.429. The number of aliphatic hydroxyl groups excluding tert-OH is 2. The number of anilines is 5. The van der Waals surface area contributed by atoms with Crippen molar-refractivity contribution in [1.29, 1.82) is 0 Å². The molecular weight excluding hydrogens is 496 g/mol. The number of aliphatic hydroxyl groups is 2. The van der Waals surface area contributed by atoms with Crippen molar-refractivity contribution in [3.8, 4) is 0 Å². The SMILES string of the molecule is CC1(c2ccc(Nc3nc(N4CCC(O)CC4)nc(N4CCC(O)CC4)n3)cc2)NC(=O)c2ccccc2N1. The zero-order chi connectivity index (χ0) is 27.0. The van der Waals surface area contributed by atoms with Gasteiger partial charge in [0.05, 0.1) is 17.8 Å². The molecular formula is C28H34N8O3. The summed E-state index contributed by atoms with van der Waals surface area (Å²) >= 11 is 0. The highest BCUT2D eigenvalue weighted by Gasteiger charge is 2.34. The van der Waals surface area contributed by atoms with Gasteiger partial charge in [-0.05, 0) is 62.4 Å². The van der Waals surface area contributed by atoms with Gasteiger partial charge in [0.2, 0.25) is 17.8 Å². The Morgan fingerprint density at radius 2 is 1.38 bits per heavy atom. The lowest BCUT2D eigenvalue weighted by atomic mass is 9.96. The Labute approximate surface area is 227 Å². The molecule has 1 amide bonds. The highest BCUT2D eigenvalue weighted by atomic mass is 16.3. The van der Waals surface area contributed by atoms with Gasteiger partial charge in [0, 0.05) is 37.6 Å². The van der Waals surface area contributed by atoms with Crippen molar-refractivity contribution >= 4 is 35.1 Å². The first-order valence-electron chi connectivity index (χ1n) is 13.6. The lowest BCUT2D eigenvalue weighted by molar-refractivity contribution is 0.0906. The van der Waals surface area contributed by atoms with Crippen molar-refractivity contribution in [1.82, 2.24) is 20.3 Å². The Morgan fingerprint density at radius 3 is 1.97 bits per heavy atom. The summed E-state index contributed by atoms with van der Waals surface area (Å²) in [5, 5.41) is 29.8. The number of hydrogen-bond acceptors (Lipinski definition) is 10. The van der Waals surface area contributed by atoms with E-state index in [0.29, 0.717) is 75.3 Å². The minimum absolute atomic E-state index is 0.116. The van der Waals surface area contributed by atoms with Crippen LogP contribution in [0, 0.1) is 0 Å². The Morgan fingerprint density at radius 1 is 0.821 bits per heavy atom. The highest BCUT2D eigenvalue weighted by molar-refractivity contribution is 6.02. The van der Waals surface area contributed by atoms with Gasteiger partial charge in [0.15, 0.2) is 0 Å². The van der Waals surface area contributed by atoms with E-state index < -0.39 is 5.66 Å². The van der Waals surface area contributed by atoms with E-state index >= 15 is 0 Å². The second-order valence-corrected chi connectivity index (χ2v) is 10.6. The molecule has 0 radical (unpaired) electrons. The number of hydrogen-bond donors (Lipinski definition) is 5. The molecule has 1 unspecified atom stereocenters. The van der Waals surface area contributed by atoms with E-state index in [4.69, 9.17) is 15.0 Å². The molecule has 2 aromatic carbocycles.